The number of halogens is 1. The number of ether oxygens (including phenoxy) is 1. The van der Waals surface area contributed by atoms with E-state index in [1.165, 1.54) is 38.1 Å². The molecule has 1 aliphatic rings. The minimum atomic E-state index is -3.90. The number of amides is 1. The van der Waals surface area contributed by atoms with Crippen molar-refractivity contribution in [2.45, 2.75) is 43.7 Å². The monoisotopic (exact) mass is 388 g/mol. The molecule has 0 spiro atoms. The van der Waals surface area contributed by atoms with Gasteiger partial charge >= 0.3 is 5.97 Å². The number of carbonyl (C=O) groups is 2. The van der Waals surface area contributed by atoms with Gasteiger partial charge in [-0.05, 0) is 51.0 Å². The highest BCUT2D eigenvalue weighted by Gasteiger charge is 2.29. The summed E-state index contributed by atoms with van der Waals surface area (Å²) in [6.45, 7) is 4.15. The van der Waals surface area contributed by atoms with E-state index in [2.05, 4.69) is 4.72 Å². The summed E-state index contributed by atoms with van der Waals surface area (Å²) in [7, 11) is -3.90. The molecule has 1 N–H and O–H groups in total. The molecule has 0 aromatic heterocycles. The van der Waals surface area contributed by atoms with Crippen molar-refractivity contribution in [2.24, 2.45) is 0 Å². The highest BCUT2D eigenvalue weighted by Crippen LogP contribution is 2.15. The zero-order valence-corrected chi connectivity index (χ0v) is 15.6. The van der Waals surface area contributed by atoms with E-state index < -0.39 is 28.1 Å². The Morgan fingerprint density at radius 2 is 1.72 bits per heavy atom. The zero-order valence-electron chi connectivity index (χ0n) is 14.1. The van der Waals surface area contributed by atoms with Gasteiger partial charge in [0.25, 0.3) is 5.91 Å². The first-order valence-corrected chi connectivity index (χ1v) is 9.84. The lowest BCUT2D eigenvalue weighted by molar-refractivity contribution is -0.159. The smallest absolute Gasteiger partial charge is 0.324 e. The quantitative estimate of drug-likeness (QED) is 0.746. The van der Waals surface area contributed by atoms with Crippen LogP contribution in [0.25, 0.3) is 0 Å². The van der Waals surface area contributed by atoms with E-state index in [-0.39, 0.29) is 10.8 Å². The number of nitrogens with zero attached hydrogens (tertiary/aromatic N) is 1. The van der Waals surface area contributed by atoms with E-state index in [0.717, 1.165) is 12.8 Å². The summed E-state index contributed by atoms with van der Waals surface area (Å²) in [6, 6.07) is 4.42. The molecule has 0 bridgehead atoms. The van der Waals surface area contributed by atoms with Gasteiger partial charge in [0.15, 0.2) is 6.10 Å². The average molecular weight is 389 g/mol. The van der Waals surface area contributed by atoms with Gasteiger partial charge in [-0.3, -0.25) is 9.59 Å². The number of hydrogen-bond donors (Lipinski definition) is 1. The maximum Gasteiger partial charge on any atom is 0.324 e. The van der Waals surface area contributed by atoms with Crippen molar-refractivity contribution in [2.75, 3.05) is 13.1 Å². The van der Waals surface area contributed by atoms with Crippen LogP contribution in [0.5, 0.6) is 0 Å². The van der Waals surface area contributed by atoms with Crippen LogP contribution in [0.4, 0.5) is 0 Å². The number of rotatable bonds is 6. The molecule has 2 rings (SSSR count). The molecular weight excluding hydrogens is 368 g/mol. The highest BCUT2D eigenvalue weighted by molar-refractivity contribution is 7.89. The van der Waals surface area contributed by atoms with Crippen molar-refractivity contribution in [3.8, 4) is 0 Å². The van der Waals surface area contributed by atoms with Crippen molar-refractivity contribution in [1.82, 2.24) is 9.62 Å². The summed E-state index contributed by atoms with van der Waals surface area (Å²) in [5.74, 6) is -1.07. The average Bonchev–Trinajstić information content (AvgIpc) is 3.08. The second-order valence-corrected chi connectivity index (χ2v) is 8.06. The Bertz CT molecular complexity index is 729. The molecule has 0 aliphatic carbocycles. The Morgan fingerprint density at radius 3 is 2.28 bits per heavy atom. The lowest BCUT2D eigenvalue weighted by atomic mass is 10.3. The number of sulfonamides is 1. The van der Waals surface area contributed by atoms with Gasteiger partial charge in [-0.15, -0.1) is 0 Å². The van der Waals surface area contributed by atoms with E-state index in [0.29, 0.717) is 18.1 Å². The van der Waals surface area contributed by atoms with Crippen molar-refractivity contribution in [3.63, 3.8) is 0 Å². The van der Waals surface area contributed by atoms with Crippen LogP contribution in [0.2, 0.25) is 5.02 Å². The van der Waals surface area contributed by atoms with E-state index >= 15 is 0 Å². The molecule has 1 aromatic carbocycles. The molecule has 7 nitrogen and oxygen atoms in total. The summed E-state index contributed by atoms with van der Waals surface area (Å²) < 4.78 is 31.8. The molecule has 1 unspecified atom stereocenters. The number of nitrogens with one attached hydrogen (secondary N) is 1. The molecule has 1 saturated heterocycles. The van der Waals surface area contributed by atoms with Gasteiger partial charge in [-0.2, -0.15) is 4.72 Å². The maximum absolute atomic E-state index is 12.2. The van der Waals surface area contributed by atoms with Crippen LogP contribution >= 0.6 is 11.6 Å². The van der Waals surface area contributed by atoms with E-state index in [1.807, 2.05) is 0 Å². The molecule has 1 amide bonds. The van der Waals surface area contributed by atoms with E-state index in [4.69, 9.17) is 16.3 Å². The zero-order chi connectivity index (χ0) is 18.6. The Hall–Kier alpha value is -1.64. The topological polar surface area (TPSA) is 92.8 Å². The predicted molar refractivity (Wildman–Crippen MR) is 92.6 cm³/mol. The fourth-order valence-corrected chi connectivity index (χ4v) is 3.80. The molecule has 1 aromatic rings. The summed E-state index contributed by atoms with van der Waals surface area (Å²) >= 11 is 5.73. The minimum absolute atomic E-state index is 0.0160. The minimum Gasteiger partial charge on any atom is -0.451 e. The lowest BCUT2D eigenvalue weighted by Crippen LogP contribution is -2.44. The van der Waals surface area contributed by atoms with Gasteiger partial charge in [0.05, 0.1) is 4.90 Å². The number of carbonyl (C=O) groups excluding carboxylic acids is 2. The van der Waals surface area contributed by atoms with Gasteiger partial charge in [-0.25, -0.2) is 8.42 Å². The molecule has 0 radical (unpaired) electrons. The second-order valence-electron chi connectivity index (χ2n) is 5.91. The number of hydrogen-bond acceptors (Lipinski definition) is 5. The van der Waals surface area contributed by atoms with Gasteiger partial charge < -0.3 is 9.64 Å². The molecule has 1 fully saturated rings. The first kappa shape index (κ1) is 19.7. The van der Waals surface area contributed by atoms with Crippen molar-refractivity contribution >= 4 is 33.5 Å². The summed E-state index contributed by atoms with van der Waals surface area (Å²) in [5, 5.41) is 0.403. The molecule has 1 heterocycles. The highest BCUT2D eigenvalue weighted by atomic mass is 35.5. The van der Waals surface area contributed by atoms with Crippen LogP contribution in [0, 0.1) is 0 Å². The van der Waals surface area contributed by atoms with Gasteiger partial charge in [0.2, 0.25) is 10.0 Å². The van der Waals surface area contributed by atoms with Gasteiger partial charge in [0, 0.05) is 18.1 Å². The molecule has 1 aliphatic heterocycles. The van der Waals surface area contributed by atoms with Crippen LogP contribution in [-0.4, -0.2) is 50.4 Å². The first-order chi connectivity index (χ1) is 11.7. The van der Waals surface area contributed by atoms with E-state index in [1.54, 1.807) is 4.90 Å². The fraction of sp³-hybridized carbons (Fsp3) is 0.500. The predicted octanol–water partition coefficient (Wildman–Crippen LogP) is 1.56. The first-order valence-electron chi connectivity index (χ1n) is 7.98. The molecule has 25 heavy (non-hydrogen) atoms. The Kier molecular flexibility index (Phi) is 6.42. The lowest BCUT2D eigenvalue weighted by Gasteiger charge is -2.22. The maximum atomic E-state index is 12.2. The molecule has 0 saturated carbocycles. The largest absolute Gasteiger partial charge is 0.451 e. The normalized spacial score (nSPS) is 17.2. The molecular formula is C16H21ClN2O5S. The van der Waals surface area contributed by atoms with Crippen molar-refractivity contribution < 1.29 is 22.7 Å². The van der Waals surface area contributed by atoms with Crippen LogP contribution < -0.4 is 4.72 Å². The Morgan fingerprint density at radius 1 is 1.16 bits per heavy atom. The van der Waals surface area contributed by atoms with E-state index in [9.17, 15) is 18.0 Å². The molecule has 9 heteroatoms. The Balaban J connectivity index is 1.95. The number of benzene rings is 1. The van der Waals surface area contributed by atoms with Gasteiger partial charge in [-0.1, -0.05) is 11.6 Å². The van der Waals surface area contributed by atoms with Crippen molar-refractivity contribution in [1.29, 1.82) is 0 Å². The summed E-state index contributed by atoms with van der Waals surface area (Å²) in [4.78, 5) is 25.9. The van der Waals surface area contributed by atoms with Crippen LogP contribution in [-0.2, 0) is 24.3 Å². The van der Waals surface area contributed by atoms with Crippen LogP contribution in [0.3, 0.4) is 0 Å². The fourth-order valence-electron chi connectivity index (χ4n) is 2.48. The van der Waals surface area contributed by atoms with Crippen LogP contribution in [0.15, 0.2) is 29.2 Å². The summed E-state index contributed by atoms with van der Waals surface area (Å²) in [5.41, 5.74) is 0. The van der Waals surface area contributed by atoms with Gasteiger partial charge in [0.1, 0.15) is 6.04 Å². The SMILES string of the molecule is CC(OC(=O)[C@H](C)NS(=O)(=O)c1ccc(Cl)cc1)C(=O)N1CCCC1. The third-order valence-corrected chi connectivity index (χ3v) is 5.68. The Labute approximate surface area is 152 Å². The third-order valence-electron chi connectivity index (χ3n) is 3.87. The summed E-state index contributed by atoms with van der Waals surface area (Å²) in [6.07, 6.45) is 0.918. The second kappa shape index (κ2) is 8.16. The van der Waals surface area contributed by atoms with Crippen molar-refractivity contribution in [3.05, 3.63) is 29.3 Å². The standard InChI is InChI=1S/C16H21ClN2O5S/c1-11(18-25(22,23)14-7-5-13(17)6-8-14)16(21)24-12(2)15(20)19-9-3-4-10-19/h5-8,11-12,18H,3-4,9-10H2,1-2H3/t11-,12?/m0/s1. The van der Waals surface area contributed by atoms with Crippen LogP contribution in [0.1, 0.15) is 26.7 Å². The third kappa shape index (κ3) is 5.17. The number of likely N-dealkylation sites (tertiary alicyclic amines) is 1. The molecule has 138 valence electrons. The number of esters is 1. The molecule has 2 atom stereocenters.